The SMILES string of the molecule is Cc1c(N)cc(-c2nnnn2CC2COCCO2)cc1F. The lowest BCUT2D eigenvalue weighted by Gasteiger charge is -2.22. The Labute approximate surface area is 120 Å². The molecule has 7 nitrogen and oxygen atoms in total. The molecule has 2 heterocycles. The molecule has 0 aliphatic carbocycles. The first-order valence-corrected chi connectivity index (χ1v) is 6.66. The van der Waals surface area contributed by atoms with Crippen LogP contribution >= 0.6 is 0 Å². The minimum absolute atomic E-state index is 0.117. The highest BCUT2D eigenvalue weighted by Crippen LogP contribution is 2.24. The minimum atomic E-state index is -0.378. The second-order valence-electron chi connectivity index (χ2n) is 4.92. The monoisotopic (exact) mass is 293 g/mol. The van der Waals surface area contributed by atoms with Gasteiger partial charge in [-0.1, -0.05) is 0 Å². The quantitative estimate of drug-likeness (QED) is 0.842. The van der Waals surface area contributed by atoms with Crippen LogP contribution in [-0.4, -0.2) is 46.1 Å². The Kier molecular flexibility index (Phi) is 3.80. The van der Waals surface area contributed by atoms with Gasteiger partial charge in [0, 0.05) is 16.8 Å². The van der Waals surface area contributed by atoms with Crippen molar-refractivity contribution in [2.24, 2.45) is 0 Å². The molecular formula is C13H16FN5O2. The molecule has 0 amide bonds. The largest absolute Gasteiger partial charge is 0.398 e. The van der Waals surface area contributed by atoms with Crippen molar-refractivity contribution in [1.29, 1.82) is 0 Å². The van der Waals surface area contributed by atoms with E-state index in [4.69, 9.17) is 15.2 Å². The summed E-state index contributed by atoms with van der Waals surface area (Å²) in [7, 11) is 0. The number of aromatic nitrogens is 4. The third-order valence-corrected chi connectivity index (χ3v) is 3.44. The fourth-order valence-corrected chi connectivity index (χ4v) is 2.20. The lowest BCUT2D eigenvalue weighted by Crippen LogP contribution is -2.32. The highest BCUT2D eigenvalue weighted by Gasteiger charge is 2.19. The van der Waals surface area contributed by atoms with Gasteiger partial charge in [0.25, 0.3) is 0 Å². The van der Waals surface area contributed by atoms with Crippen molar-refractivity contribution < 1.29 is 13.9 Å². The number of tetrazole rings is 1. The van der Waals surface area contributed by atoms with Crippen molar-refractivity contribution in [2.75, 3.05) is 25.6 Å². The third-order valence-electron chi connectivity index (χ3n) is 3.44. The Morgan fingerprint density at radius 3 is 3.00 bits per heavy atom. The molecule has 2 aromatic rings. The van der Waals surface area contributed by atoms with Crippen LogP contribution in [0.25, 0.3) is 11.4 Å². The molecule has 0 radical (unpaired) electrons. The summed E-state index contributed by atoms with van der Waals surface area (Å²) in [4.78, 5) is 0. The predicted octanol–water partition coefficient (Wildman–Crippen LogP) is 0.785. The Bertz CT molecular complexity index is 616. The molecule has 1 aliphatic heterocycles. The highest BCUT2D eigenvalue weighted by atomic mass is 19.1. The number of anilines is 1. The standard InChI is InChI=1S/C13H16FN5O2/c1-8-11(14)4-9(5-12(8)15)13-16-17-18-19(13)6-10-7-20-2-3-21-10/h4-5,10H,2-3,6-7,15H2,1H3. The molecule has 1 aromatic carbocycles. The number of hydrogen-bond donors (Lipinski definition) is 1. The highest BCUT2D eigenvalue weighted by molar-refractivity contribution is 5.63. The second-order valence-corrected chi connectivity index (χ2v) is 4.92. The van der Waals surface area contributed by atoms with E-state index in [1.807, 2.05) is 0 Å². The number of ether oxygens (including phenoxy) is 2. The van der Waals surface area contributed by atoms with Crippen molar-refractivity contribution in [2.45, 2.75) is 19.6 Å². The fourth-order valence-electron chi connectivity index (χ4n) is 2.20. The van der Waals surface area contributed by atoms with Gasteiger partial charge in [0.05, 0.1) is 26.4 Å². The van der Waals surface area contributed by atoms with Gasteiger partial charge in [-0.15, -0.1) is 5.10 Å². The van der Waals surface area contributed by atoms with Gasteiger partial charge in [-0.2, -0.15) is 0 Å². The zero-order chi connectivity index (χ0) is 14.8. The van der Waals surface area contributed by atoms with E-state index in [0.29, 0.717) is 49.0 Å². The molecule has 1 saturated heterocycles. The van der Waals surface area contributed by atoms with E-state index >= 15 is 0 Å². The minimum Gasteiger partial charge on any atom is -0.398 e. The molecule has 0 spiro atoms. The van der Waals surface area contributed by atoms with Gasteiger partial charge in [0.2, 0.25) is 0 Å². The number of nitrogens with two attached hydrogens (primary N) is 1. The molecule has 8 heteroatoms. The fraction of sp³-hybridized carbons (Fsp3) is 0.462. The summed E-state index contributed by atoms with van der Waals surface area (Å²) in [6, 6.07) is 3.05. The lowest BCUT2D eigenvalue weighted by atomic mass is 10.1. The topological polar surface area (TPSA) is 88.1 Å². The van der Waals surface area contributed by atoms with Gasteiger partial charge in [-0.3, -0.25) is 0 Å². The van der Waals surface area contributed by atoms with E-state index in [9.17, 15) is 4.39 Å². The van der Waals surface area contributed by atoms with Crippen molar-refractivity contribution >= 4 is 5.69 Å². The van der Waals surface area contributed by atoms with Crippen molar-refractivity contribution in [3.63, 3.8) is 0 Å². The summed E-state index contributed by atoms with van der Waals surface area (Å²) < 4.78 is 26.3. The zero-order valence-electron chi connectivity index (χ0n) is 11.6. The molecular weight excluding hydrogens is 277 g/mol. The Hall–Kier alpha value is -2.06. The summed E-state index contributed by atoms with van der Waals surface area (Å²) in [6.45, 7) is 3.71. The van der Waals surface area contributed by atoms with Crippen LogP contribution < -0.4 is 5.73 Å². The van der Waals surface area contributed by atoms with E-state index in [1.165, 1.54) is 6.07 Å². The average Bonchev–Trinajstić information content (AvgIpc) is 2.93. The first kappa shape index (κ1) is 13.9. The van der Waals surface area contributed by atoms with E-state index < -0.39 is 0 Å². The van der Waals surface area contributed by atoms with E-state index in [2.05, 4.69) is 15.5 Å². The summed E-state index contributed by atoms with van der Waals surface area (Å²) in [5.74, 6) is 0.0755. The Morgan fingerprint density at radius 1 is 1.43 bits per heavy atom. The molecule has 2 N–H and O–H groups in total. The van der Waals surface area contributed by atoms with Crippen LogP contribution in [0.3, 0.4) is 0 Å². The summed E-state index contributed by atoms with van der Waals surface area (Å²) in [6.07, 6.45) is -0.117. The molecule has 0 saturated carbocycles. The predicted molar refractivity (Wildman–Crippen MR) is 72.9 cm³/mol. The van der Waals surface area contributed by atoms with Crippen molar-refractivity contribution in [3.8, 4) is 11.4 Å². The van der Waals surface area contributed by atoms with Crippen LogP contribution in [0.4, 0.5) is 10.1 Å². The number of benzene rings is 1. The third kappa shape index (κ3) is 2.86. The number of hydrogen-bond acceptors (Lipinski definition) is 6. The van der Waals surface area contributed by atoms with E-state index in [1.54, 1.807) is 17.7 Å². The van der Waals surface area contributed by atoms with Gasteiger partial charge in [-0.05, 0) is 29.5 Å². The maximum absolute atomic E-state index is 13.8. The van der Waals surface area contributed by atoms with Crippen LogP contribution in [0.2, 0.25) is 0 Å². The summed E-state index contributed by atoms with van der Waals surface area (Å²) in [5, 5.41) is 11.5. The molecule has 0 bridgehead atoms. The Morgan fingerprint density at radius 2 is 2.29 bits per heavy atom. The normalized spacial score (nSPS) is 18.9. The summed E-state index contributed by atoms with van der Waals surface area (Å²) >= 11 is 0. The van der Waals surface area contributed by atoms with Crippen LogP contribution in [-0.2, 0) is 16.0 Å². The van der Waals surface area contributed by atoms with Gasteiger partial charge in [0.1, 0.15) is 11.9 Å². The molecule has 21 heavy (non-hydrogen) atoms. The molecule has 1 atom stereocenters. The first-order valence-electron chi connectivity index (χ1n) is 6.66. The van der Waals surface area contributed by atoms with Gasteiger partial charge in [-0.25, -0.2) is 9.07 Å². The maximum atomic E-state index is 13.8. The summed E-state index contributed by atoms with van der Waals surface area (Å²) in [5.41, 5.74) is 7.13. The van der Waals surface area contributed by atoms with E-state index in [0.717, 1.165) is 0 Å². The van der Waals surface area contributed by atoms with Gasteiger partial charge < -0.3 is 15.2 Å². The first-order chi connectivity index (χ1) is 10.1. The second kappa shape index (κ2) is 5.74. The van der Waals surface area contributed by atoms with Crippen LogP contribution in [0.5, 0.6) is 0 Å². The smallest absolute Gasteiger partial charge is 0.182 e. The molecule has 1 fully saturated rings. The number of rotatable bonds is 3. The maximum Gasteiger partial charge on any atom is 0.182 e. The Balaban J connectivity index is 1.88. The number of halogens is 1. The number of nitrogens with zero attached hydrogens (tertiary/aromatic N) is 4. The number of nitrogen functional groups attached to an aromatic ring is 1. The van der Waals surface area contributed by atoms with Crippen LogP contribution in [0, 0.1) is 12.7 Å². The molecule has 1 aromatic heterocycles. The van der Waals surface area contributed by atoms with E-state index in [-0.39, 0.29) is 11.9 Å². The zero-order valence-corrected chi connectivity index (χ0v) is 11.6. The van der Waals surface area contributed by atoms with Crippen LogP contribution in [0.15, 0.2) is 12.1 Å². The van der Waals surface area contributed by atoms with Gasteiger partial charge in [0.15, 0.2) is 5.82 Å². The molecule has 3 rings (SSSR count). The molecule has 112 valence electrons. The lowest BCUT2D eigenvalue weighted by molar-refractivity contribution is -0.0946. The van der Waals surface area contributed by atoms with Crippen molar-refractivity contribution in [1.82, 2.24) is 20.2 Å². The molecule has 1 aliphatic rings. The molecule has 1 unspecified atom stereocenters. The van der Waals surface area contributed by atoms with Crippen LogP contribution in [0.1, 0.15) is 5.56 Å². The van der Waals surface area contributed by atoms with Gasteiger partial charge >= 0.3 is 0 Å². The average molecular weight is 293 g/mol. The van der Waals surface area contributed by atoms with Crippen molar-refractivity contribution in [3.05, 3.63) is 23.5 Å².